The number of rotatable bonds is 5. The van der Waals surface area contributed by atoms with Gasteiger partial charge in [0.1, 0.15) is 18.2 Å². The minimum atomic E-state index is -0.950. The normalized spacial score (nSPS) is 28.9. The van der Waals surface area contributed by atoms with Crippen molar-refractivity contribution in [1.82, 2.24) is 15.1 Å². The van der Waals surface area contributed by atoms with Crippen LogP contribution in [0.1, 0.15) is 36.0 Å². The fourth-order valence-electron chi connectivity index (χ4n) is 5.85. The molecule has 184 valence electrons. The second-order valence-corrected chi connectivity index (χ2v) is 11.1. The van der Waals surface area contributed by atoms with Crippen molar-refractivity contribution in [1.29, 1.82) is 0 Å². The number of piperazine rings is 1. The van der Waals surface area contributed by atoms with Crippen molar-refractivity contribution < 1.29 is 19.1 Å². The van der Waals surface area contributed by atoms with Gasteiger partial charge >= 0.3 is 0 Å². The van der Waals surface area contributed by atoms with Gasteiger partial charge in [0.25, 0.3) is 5.91 Å². The Morgan fingerprint density at radius 1 is 1.09 bits per heavy atom. The highest BCUT2D eigenvalue weighted by atomic mass is 32.2. The third-order valence-electron chi connectivity index (χ3n) is 7.92. The van der Waals surface area contributed by atoms with E-state index in [9.17, 15) is 14.4 Å². The smallest absolute Gasteiger partial charge is 0.252 e. The van der Waals surface area contributed by atoms with E-state index < -0.39 is 11.6 Å². The van der Waals surface area contributed by atoms with Crippen LogP contribution in [-0.4, -0.2) is 103 Å². The lowest BCUT2D eigenvalue weighted by atomic mass is 9.93. The summed E-state index contributed by atoms with van der Waals surface area (Å²) >= 11 is 1.63. The number of amides is 2. The summed E-state index contributed by atoms with van der Waals surface area (Å²) in [5, 5.41) is 3.19. The second kappa shape index (κ2) is 9.51. The van der Waals surface area contributed by atoms with Crippen molar-refractivity contribution in [2.75, 3.05) is 57.5 Å². The molecule has 8 nitrogen and oxygen atoms in total. The van der Waals surface area contributed by atoms with Crippen LogP contribution in [0, 0.1) is 0 Å². The Hall–Kier alpha value is -2.10. The third-order valence-corrected chi connectivity index (χ3v) is 8.94. The van der Waals surface area contributed by atoms with Crippen LogP contribution in [0.4, 0.5) is 5.69 Å². The maximum atomic E-state index is 13.9. The number of carbonyl (C=O) groups excluding carboxylic acids is 3. The van der Waals surface area contributed by atoms with Gasteiger partial charge in [-0.05, 0) is 50.4 Å². The van der Waals surface area contributed by atoms with Crippen LogP contribution in [0.25, 0.3) is 0 Å². The molecule has 34 heavy (non-hydrogen) atoms. The number of ketones is 1. The summed E-state index contributed by atoms with van der Waals surface area (Å²) in [7, 11) is 2.13. The highest BCUT2D eigenvalue weighted by molar-refractivity contribution is 7.99. The molecule has 1 aromatic carbocycles. The third kappa shape index (κ3) is 4.22. The molecule has 5 rings (SSSR count). The van der Waals surface area contributed by atoms with Crippen LogP contribution < -0.4 is 10.2 Å². The van der Waals surface area contributed by atoms with E-state index in [1.807, 2.05) is 30.5 Å². The van der Waals surface area contributed by atoms with Crippen LogP contribution in [0.3, 0.4) is 0 Å². The van der Waals surface area contributed by atoms with Crippen LogP contribution in [-0.2, 0) is 14.3 Å². The first kappa shape index (κ1) is 23.6. The van der Waals surface area contributed by atoms with Gasteiger partial charge in [-0.2, -0.15) is 11.8 Å². The van der Waals surface area contributed by atoms with E-state index in [1.54, 1.807) is 16.7 Å². The molecule has 0 unspecified atom stereocenters. The number of likely N-dealkylation sites (N-methyl/N-ethyl adjacent to an activating group) is 1. The number of Topliss-reactive ketones (excluding diaryl/α,β-unsaturated/α-hetero) is 1. The van der Waals surface area contributed by atoms with Gasteiger partial charge in [-0.1, -0.05) is 12.8 Å². The molecule has 2 amide bonds. The van der Waals surface area contributed by atoms with E-state index in [-0.39, 0.29) is 35.6 Å². The average Bonchev–Trinajstić information content (AvgIpc) is 3.57. The molecule has 0 radical (unpaired) electrons. The molecule has 1 aromatic rings. The van der Waals surface area contributed by atoms with E-state index in [1.165, 1.54) is 0 Å². The highest BCUT2D eigenvalue weighted by Gasteiger charge is 2.56. The van der Waals surface area contributed by atoms with Crippen LogP contribution in [0.15, 0.2) is 24.3 Å². The molecule has 4 fully saturated rings. The SMILES string of the molecule is CS[C@H]1CN(C(=O)C2(NC(=O)c3ccc(N4CCN(C)CC4)cc3)CCCC2)[C@@H]2C(=O)CO[C@H]12. The van der Waals surface area contributed by atoms with Crippen LogP contribution >= 0.6 is 11.8 Å². The zero-order chi connectivity index (χ0) is 23.9. The Morgan fingerprint density at radius 2 is 1.76 bits per heavy atom. The number of hydrogen-bond donors (Lipinski definition) is 1. The zero-order valence-electron chi connectivity index (χ0n) is 20.0. The lowest BCUT2D eigenvalue weighted by Gasteiger charge is -2.35. The summed E-state index contributed by atoms with van der Waals surface area (Å²) in [5.74, 6) is -0.391. The molecule has 0 spiro atoms. The first-order valence-electron chi connectivity index (χ1n) is 12.3. The van der Waals surface area contributed by atoms with Crippen LogP contribution in [0.5, 0.6) is 0 Å². The van der Waals surface area contributed by atoms with Gasteiger partial charge in [-0.15, -0.1) is 0 Å². The minimum Gasteiger partial charge on any atom is -0.369 e. The summed E-state index contributed by atoms with van der Waals surface area (Å²) in [6, 6.07) is 7.15. The number of carbonyl (C=O) groups is 3. The number of anilines is 1. The first-order valence-corrected chi connectivity index (χ1v) is 13.5. The monoisotopic (exact) mass is 486 g/mol. The fourth-order valence-corrected chi connectivity index (χ4v) is 6.66. The standard InChI is InChI=1S/C25H34N4O4S/c1-27-11-13-28(14-12-27)18-7-5-17(6-8-18)23(31)26-25(9-3-4-10-25)24(32)29-15-20(34-2)22-21(29)19(30)16-33-22/h5-8,20-22H,3-4,9-16H2,1-2H3,(H,26,31)/t20-,21+,22+/m0/s1. The van der Waals surface area contributed by atoms with Gasteiger partial charge in [-0.3, -0.25) is 14.4 Å². The topological polar surface area (TPSA) is 82.2 Å². The number of hydrogen-bond acceptors (Lipinski definition) is 7. The van der Waals surface area contributed by atoms with E-state index in [0.717, 1.165) is 44.7 Å². The highest BCUT2D eigenvalue weighted by Crippen LogP contribution is 2.38. The molecule has 3 aliphatic heterocycles. The summed E-state index contributed by atoms with van der Waals surface area (Å²) in [5.41, 5.74) is 0.717. The van der Waals surface area contributed by atoms with Gasteiger partial charge in [0, 0.05) is 44.0 Å². The quantitative estimate of drug-likeness (QED) is 0.674. The molecular weight excluding hydrogens is 452 g/mol. The predicted octanol–water partition coefficient (Wildman–Crippen LogP) is 1.39. The molecule has 4 aliphatic rings. The maximum absolute atomic E-state index is 13.9. The van der Waals surface area contributed by atoms with E-state index in [2.05, 4.69) is 22.2 Å². The molecule has 1 saturated carbocycles. The largest absolute Gasteiger partial charge is 0.369 e. The molecule has 3 saturated heterocycles. The number of fused-ring (bicyclic) bond motifs is 1. The summed E-state index contributed by atoms with van der Waals surface area (Å²) in [4.78, 5) is 46.0. The van der Waals surface area contributed by atoms with Gasteiger partial charge in [0.05, 0.1) is 11.4 Å². The summed E-state index contributed by atoms with van der Waals surface area (Å²) in [6.45, 7) is 4.54. The summed E-state index contributed by atoms with van der Waals surface area (Å²) in [6.07, 6.45) is 4.70. The fraction of sp³-hybridized carbons (Fsp3) is 0.640. The first-order chi connectivity index (χ1) is 16.4. The lowest BCUT2D eigenvalue weighted by molar-refractivity contribution is -0.141. The molecule has 9 heteroatoms. The van der Waals surface area contributed by atoms with Gasteiger partial charge in [0.2, 0.25) is 5.91 Å². The van der Waals surface area contributed by atoms with Gasteiger partial charge < -0.3 is 24.8 Å². The minimum absolute atomic E-state index is 0.0335. The number of ether oxygens (including phenoxy) is 1. The van der Waals surface area contributed by atoms with Crippen molar-refractivity contribution in [2.24, 2.45) is 0 Å². The van der Waals surface area contributed by atoms with Gasteiger partial charge in [-0.25, -0.2) is 0 Å². The number of likely N-dealkylation sites (tertiary alicyclic amines) is 1. The molecule has 1 aliphatic carbocycles. The maximum Gasteiger partial charge on any atom is 0.252 e. The van der Waals surface area contributed by atoms with Crippen LogP contribution in [0.2, 0.25) is 0 Å². The van der Waals surface area contributed by atoms with E-state index in [4.69, 9.17) is 4.74 Å². The Balaban J connectivity index is 1.31. The molecule has 0 bridgehead atoms. The molecular formula is C25H34N4O4S. The van der Waals surface area contributed by atoms with E-state index >= 15 is 0 Å². The molecule has 3 atom stereocenters. The Bertz CT molecular complexity index is 941. The van der Waals surface area contributed by atoms with Crippen molar-refractivity contribution in [3.05, 3.63) is 29.8 Å². The Kier molecular flexibility index (Phi) is 6.61. The Labute approximate surface area is 205 Å². The number of nitrogens with one attached hydrogen (secondary N) is 1. The number of thioether (sulfide) groups is 1. The van der Waals surface area contributed by atoms with Crippen molar-refractivity contribution in [2.45, 2.75) is 48.6 Å². The molecule has 3 heterocycles. The molecule has 0 aromatic heterocycles. The zero-order valence-corrected chi connectivity index (χ0v) is 20.8. The average molecular weight is 487 g/mol. The second-order valence-electron chi connectivity index (χ2n) is 10.00. The van der Waals surface area contributed by atoms with E-state index in [0.29, 0.717) is 24.9 Å². The number of nitrogens with zero attached hydrogens (tertiary/aromatic N) is 3. The van der Waals surface area contributed by atoms with Crippen molar-refractivity contribution >= 4 is 35.0 Å². The van der Waals surface area contributed by atoms with Crippen molar-refractivity contribution in [3.8, 4) is 0 Å². The number of benzene rings is 1. The Morgan fingerprint density at radius 3 is 2.41 bits per heavy atom. The predicted molar refractivity (Wildman–Crippen MR) is 132 cm³/mol. The molecule has 1 N–H and O–H groups in total. The van der Waals surface area contributed by atoms with Gasteiger partial charge in [0.15, 0.2) is 5.78 Å². The lowest BCUT2D eigenvalue weighted by Crippen LogP contribution is -2.60. The van der Waals surface area contributed by atoms with Crippen molar-refractivity contribution in [3.63, 3.8) is 0 Å². The summed E-state index contributed by atoms with van der Waals surface area (Å²) < 4.78 is 5.73.